The highest BCUT2D eigenvalue weighted by Crippen LogP contribution is 2.26. The van der Waals surface area contributed by atoms with Gasteiger partial charge in [0.25, 0.3) is 0 Å². The second kappa shape index (κ2) is 3.28. The van der Waals surface area contributed by atoms with E-state index in [0.29, 0.717) is 11.6 Å². The van der Waals surface area contributed by atoms with E-state index in [1.54, 1.807) is 23.9 Å². The van der Waals surface area contributed by atoms with Crippen LogP contribution in [0.4, 0.5) is 5.82 Å². The maximum Gasteiger partial charge on any atom is 0.181 e. The molecule has 0 aliphatic carbocycles. The summed E-state index contributed by atoms with van der Waals surface area (Å²) < 4.78 is 1.87. The molecule has 3 aromatic rings. The van der Waals surface area contributed by atoms with Gasteiger partial charge >= 0.3 is 0 Å². The molecule has 0 spiro atoms. The van der Waals surface area contributed by atoms with Gasteiger partial charge in [0.1, 0.15) is 16.3 Å². The molecule has 0 aliphatic rings. The van der Waals surface area contributed by atoms with E-state index in [1.807, 2.05) is 23.1 Å². The highest BCUT2D eigenvalue weighted by Gasteiger charge is 2.10. The summed E-state index contributed by atoms with van der Waals surface area (Å²) in [6, 6.07) is 1.93. The van der Waals surface area contributed by atoms with E-state index in [0.717, 1.165) is 15.9 Å². The van der Waals surface area contributed by atoms with E-state index in [-0.39, 0.29) is 0 Å². The molecule has 3 heterocycles. The van der Waals surface area contributed by atoms with Crippen molar-refractivity contribution in [2.24, 2.45) is 7.05 Å². The van der Waals surface area contributed by atoms with Crippen LogP contribution in [0.15, 0.2) is 24.0 Å². The number of thiophene rings is 1. The lowest BCUT2D eigenvalue weighted by Gasteiger charge is -2.02. The molecule has 0 fully saturated rings. The van der Waals surface area contributed by atoms with Crippen molar-refractivity contribution in [1.29, 1.82) is 0 Å². The minimum Gasteiger partial charge on any atom is -0.383 e. The van der Waals surface area contributed by atoms with E-state index in [4.69, 9.17) is 5.73 Å². The van der Waals surface area contributed by atoms with Gasteiger partial charge in [0.2, 0.25) is 0 Å². The van der Waals surface area contributed by atoms with Crippen molar-refractivity contribution >= 4 is 27.4 Å². The van der Waals surface area contributed by atoms with Gasteiger partial charge in [-0.3, -0.25) is 0 Å². The lowest BCUT2D eigenvalue weighted by molar-refractivity contribution is 0.911. The zero-order valence-electron chi connectivity index (χ0n) is 8.58. The molecule has 0 bridgehead atoms. The number of hydrogen-bond donors (Lipinski definition) is 1. The van der Waals surface area contributed by atoms with Crippen LogP contribution in [0.25, 0.3) is 21.7 Å². The summed E-state index contributed by atoms with van der Waals surface area (Å²) in [5, 5.41) is 2.87. The molecule has 80 valence electrons. The lowest BCUT2D eigenvalue weighted by atomic mass is 10.3. The quantitative estimate of drug-likeness (QED) is 0.691. The highest BCUT2D eigenvalue weighted by atomic mass is 32.1. The summed E-state index contributed by atoms with van der Waals surface area (Å²) in [5.74, 6) is 1.13. The van der Waals surface area contributed by atoms with Gasteiger partial charge in [-0.15, -0.1) is 11.3 Å². The molecular formula is C10H9N5S. The zero-order chi connectivity index (χ0) is 11.1. The molecule has 0 unspecified atom stereocenters. The van der Waals surface area contributed by atoms with Crippen molar-refractivity contribution in [3.8, 4) is 11.5 Å². The molecule has 6 heteroatoms. The number of imidazole rings is 1. The topological polar surface area (TPSA) is 69.6 Å². The lowest BCUT2D eigenvalue weighted by Crippen LogP contribution is -1.99. The number of aromatic nitrogens is 4. The van der Waals surface area contributed by atoms with Gasteiger partial charge in [-0.05, 0) is 11.4 Å². The van der Waals surface area contributed by atoms with Crippen LogP contribution in [0.5, 0.6) is 0 Å². The number of nitrogens with zero attached hydrogens (tertiary/aromatic N) is 4. The van der Waals surface area contributed by atoms with Crippen molar-refractivity contribution in [3.63, 3.8) is 0 Å². The van der Waals surface area contributed by atoms with Crippen LogP contribution in [0.2, 0.25) is 0 Å². The zero-order valence-corrected chi connectivity index (χ0v) is 9.40. The Morgan fingerprint density at radius 3 is 3.00 bits per heavy atom. The molecule has 0 aromatic carbocycles. The van der Waals surface area contributed by atoms with Gasteiger partial charge in [0.15, 0.2) is 5.82 Å². The molecule has 3 aromatic heterocycles. The number of aryl methyl sites for hydroxylation is 1. The first kappa shape index (κ1) is 9.29. The van der Waals surface area contributed by atoms with Crippen molar-refractivity contribution in [2.75, 3.05) is 5.73 Å². The average molecular weight is 231 g/mol. The summed E-state index contributed by atoms with van der Waals surface area (Å²) in [5.41, 5.74) is 6.75. The molecule has 0 radical (unpaired) electrons. The van der Waals surface area contributed by atoms with Crippen LogP contribution in [-0.2, 0) is 7.05 Å². The number of nitrogen functional groups attached to an aromatic ring is 1. The summed E-state index contributed by atoms with van der Waals surface area (Å²) in [4.78, 5) is 13.7. The summed E-state index contributed by atoms with van der Waals surface area (Å²) in [6.07, 6.45) is 3.45. The van der Waals surface area contributed by atoms with Gasteiger partial charge < -0.3 is 10.3 Å². The Hall–Kier alpha value is -1.95. The molecular weight excluding hydrogens is 222 g/mol. The Bertz CT molecular complexity index is 654. The third-order valence-electron chi connectivity index (χ3n) is 2.40. The smallest absolute Gasteiger partial charge is 0.181 e. The molecule has 3 rings (SSSR count). The van der Waals surface area contributed by atoms with E-state index in [2.05, 4.69) is 15.0 Å². The van der Waals surface area contributed by atoms with Crippen molar-refractivity contribution in [2.45, 2.75) is 0 Å². The van der Waals surface area contributed by atoms with E-state index >= 15 is 0 Å². The van der Waals surface area contributed by atoms with Crippen molar-refractivity contribution in [3.05, 3.63) is 24.0 Å². The molecule has 0 aliphatic heterocycles. The second-order valence-corrected chi connectivity index (χ2v) is 4.36. The summed E-state index contributed by atoms with van der Waals surface area (Å²) >= 11 is 1.56. The minimum atomic E-state index is 0.516. The number of hydrogen-bond acceptors (Lipinski definition) is 5. The number of fused-ring (bicyclic) bond motifs is 1. The van der Waals surface area contributed by atoms with E-state index < -0.39 is 0 Å². The second-order valence-electron chi connectivity index (χ2n) is 3.46. The largest absolute Gasteiger partial charge is 0.383 e. The normalized spacial score (nSPS) is 11.1. The predicted molar refractivity (Wildman–Crippen MR) is 64.0 cm³/mol. The average Bonchev–Trinajstić information content (AvgIpc) is 2.85. The summed E-state index contributed by atoms with van der Waals surface area (Å²) in [6.45, 7) is 0. The third kappa shape index (κ3) is 1.27. The van der Waals surface area contributed by atoms with Crippen LogP contribution < -0.4 is 5.73 Å². The number of nitrogens with two attached hydrogens (primary N) is 1. The fourth-order valence-electron chi connectivity index (χ4n) is 1.57. The highest BCUT2D eigenvalue weighted by molar-refractivity contribution is 7.16. The Morgan fingerprint density at radius 1 is 1.38 bits per heavy atom. The fourth-order valence-corrected chi connectivity index (χ4v) is 2.34. The first-order chi connectivity index (χ1) is 7.75. The molecule has 2 N–H and O–H groups in total. The van der Waals surface area contributed by atoms with Crippen molar-refractivity contribution in [1.82, 2.24) is 19.5 Å². The first-order valence-electron chi connectivity index (χ1n) is 4.73. The molecule has 0 saturated heterocycles. The maximum atomic E-state index is 5.88. The summed E-state index contributed by atoms with van der Waals surface area (Å²) in [7, 11) is 1.90. The SMILES string of the molecule is Cn1cncc1-c1nc(N)c2ccsc2n1. The fraction of sp³-hybridized carbons (Fsp3) is 0.100. The van der Waals surface area contributed by atoms with Crippen LogP contribution in [0.1, 0.15) is 0 Å². The van der Waals surface area contributed by atoms with Gasteiger partial charge in [-0.1, -0.05) is 0 Å². The Kier molecular flexibility index (Phi) is 1.90. The predicted octanol–water partition coefficient (Wildman–Crippen LogP) is 1.67. The van der Waals surface area contributed by atoms with Gasteiger partial charge in [0, 0.05) is 7.05 Å². The molecule has 16 heavy (non-hydrogen) atoms. The van der Waals surface area contributed by atoms with Crippen LogP contribution in [0, 0.1) is 0 Å². The van der Waals surface area contributed by atoms with Crippen LogP contribution in [-0.4, -0.2) is 19.5 Å². The van der Waals surface area contributed by atoms with Crippen LogP contribution >= 0.6 is 11.3 Å². The van der Waals surface area contributed by atoms with E-state index in [9.17, 15) is 0 Å². The Morgan fingerprint density at radius 2 is 2.25 bits per heavy atom. The van der Waals surface area contributed by atoms with Crippen LogP contribution in [0.3, 0.4) is 0 Å². The van der Waals surface area contributed by atoms with E-state index in [1.165, 1.54) is 0 Å². The number of anilines is 1. The molecule has 0 amide bonds. The molecule has 0 atom stereocenters. The van der Waals surface area contributed by atoms with Gasteiger partial charge in [0.05, 0.1) is 17.9 Å². The molecule has 5 nitrogen and oxygen atoms in total. The molecule has 0 saturated carbocycles. The maximum absolute atomic E-state index is 5.88. The van der Waals surface area contributed by atoms with Gasteiger partial charge in [-0.25, -0.2) is 15.0 Å². The van der Waals surface area contributed by atoms with Gasteiger partial charge in [-0.2, -0.15) is 0 Å². The Labute approximate surface area is 95.6 Å². The number of rotatable bonds is 1. The first-order valence-corrected chi connectivity index (χ1v) is 5.61. The standard InChI is InChI=1S/C10H9N5S/c1-15-5-12-4-7(15)9-13-8(11)6-2-3-16-10(6)14-9/h2-5H,1H3,(H2,11,13,14). The van der Waals surface area contributed by atoms with Crippen molar-refractivity contribution < 1.29 is 0 Å². The minimum absolute atomic E-state index is 0.516. The third-order valence-corrected chi connectivity index (χ3v) is 3.21. The monoisotopic (exact) mass is 231 g/mol. The Balaban J connectivity index is 2.29.